The molecule has 3 rings (SSSR count). The Bertz CT molecular complexity index is 634. The van der Waals surface area contributed by atoms with E-state index in [1.165, 1.54) is 11.3 Å². The van der Waals surface area contributed by atoms with Gasteiger partial charge in [-0.3, -0.25) is 0 Å². The Morgan fingerprint density at radius 2 is 1.62 bits per heavy atom. The molecule has 110 valence electrons. The van der Waals surface area contributed by atoms with Gasteiger partial charge in [0.2, 0.25) is 0 Å². The van der Waals surface area contributed by atoms with Gasteiger partial charge in [-0.15, -0.1) is 0 Å². The molecule has 21 heavy (non-hydrogen) atoms. The van der Waals surface area contributed by atoms with Gasteiger partial charge in [0.15, 0.2) is 0 Å². The van der Waals surface area contributed by atoms with Crippen LogP contribution in [0.4, 0.5) is 17.1 Å². The number of piperazine rings is 1. The molecule has 4 heteroatoms. The molecule has 0 aromatic heterocycles. The summed E-state index contributed by atoms with van der Waals surface area (Å²) in [5.41, 5.74) is 10.4. The summed E-state index contributed by atoms with van der Waals surface area (Å²) in [7, 11) is 0. The number of nitrogen functional groups attached to an aromatic ring is 1. The third-order valence-electron chi connectivity index (χ3n) is 4.02. The number of aryl methyl sites for hydroxylation is 1. The molecule has 1 heterocycles. The molecular formula is C17H20ClN3. The van der Waals surface area contributed by atoms with Crippen molar-refractivity contribution in [2.24, 2.45) is 0 Å². The minimum absolute atomic E-state index is 0.633. The number of rotatable bonds is 2. The van der Waals surface area contributed by atoms with Gasteiger partial charge in [0.1, 0.15) is 0 Å². The molecule has 1 aliphatic heterocycles. The first-order valence-electron chi connectivity index (χ1n) is 7.26. The van der Waals surface area contributed by atoms with E-state index in [4.69, 9.17) is 17.3 Å². The summed E-state index contributed by atoms with van der Waals surface area (Å²) < 4.78 is 0. The molecule has 1 aliphatic rings. The first-order chi connectivity index (χ1) is 10.1. The van der Waals surface area contributed by atoms with Crippen molar-refractivity contribution in [1.29, 1.82) is 0 Å². The van der Waals surface area contributed by atoms with Crippen molar-refractivity contribution in [2.75, 3.05) is 41.7 Å². The normalized spacial score (nSPS) is 15.3. The maximum absolute atomic E-state index is 6.11. The van der Waals surface area contributed by atoms with Crippen LogP contribution in [0.25, 0.3) is 0 Å². The molecule has 0 amide bonds. The quantitative estimate of drug-likeness (QED) is 0.861. The van der Waals surface area contributed by atoms with Crippen LogP contribution in [0.5, 0.6) is 0 Å². The van der Waals surface area contributed by atoms with Crippen LogP contribution in [0.1, 0.15) is 5.56 Å². The maximum Gasteiger partial charge on any atom is 0.0741 e. The van der Waals surface area contributed by atoms with E-state index in [9.17, 15) is 0 Å². The van der Waals surface area contributed by atoms with E-state index in [-0.39, 0.29) is 0 Å². The highest BCUT2D eigenvalue weighted by molar-refractivity contribution is 6.33. The zero-order chi connectivity index (χ0) is 14.8. The predicted molar refractivity (Wildman–Crippen MR) is 91.5 cm³/mol. The van der Waals surface area contributed by atoms with Gasteiger partial charge in [-0.2, -0.15) is 0 Å². The van der Waals surface area contributed by atoms with Crippen molar-refractivity contribution < 1.29 is 0 Å². The molecule has 0 bridgehead atoms. The number of para-hydroxylation sites is 1. The number of benzene rings is 2. The summed E-state index contributed by atoms with van der Waals surface area (Å²) in [6.07, 6.45) is 0. The molecule has 3 nitrogen and oxygen atoms in total. The monoisotopic (exact) mass is 301 g/mol. The van der Waals surface area contributed by atoms with Gasteiger partial charge in [-0.1, -0.05) is 29.8 Å². The molecule has 2 aromatic rings. The minimum Gasteiger partial charge on any atom is -0.396 e. The number of nitrogens with two attached hydrogens (primary N) is 1. The molecule has 2 aromatic carbocycles. The molecule has 0 spiro atoms. The van der Waals surface area contributed by atoms with Crippen molar-refractivity contribution in [2.45, 2.75) is 6.92 Å². The topological polar surface area (TPSA) is 32.5 Å². The van der Waals surface area contributed by atoms with E-state index in [0.29, 0.717) is 10.7 Å². The van der Waals surface area contributed by atoms with Crippen LogP contribution in [0, 0.1) is 6.92 Å². The first kappa shape index (κ1) is 14.1. The van der Waals surface area contributed by atoms with Gasteiger partial charge in [-0.05, 0) is 36.8 Å². The molecule has 0 radical (unpaired) electrons. The van der Waals surface area contributed by atoms with Crippen LogP contribution in [0.3, 0.4) is 0 Å². The molecule has 1 fully saturated rings. The molecule has 0 saturated carbocycles. The summed E-state index contributed by atoms with van der Waals surface area (Å²) in [5.74, 6) is 0. The lowest BCUT2D eigenvalue weighted by Crippen LogP contribution is -2.46. The summed E-state index contributed by atoms with van der Waals surface area (Å²) in [6.45, 7) is 6.04. The van der Waals surface area contributed by atoms with Crippen LogP contribution in [-0.4, -0.2) is 26.2 Å². The average Bonchev–Trinajstić information content (AvgIpc) is 2.50. The summed E-state index contributed by atoms with van der Waals surface area (Å²) >= 11 is 6.11. The number of halogens is 1. The Morgan fingerprint density at radius 1 is 0.952 bits per heavy atom. The van der Waals surface area contributed by atoms with Crippen LogP contribution in [0.2, 0.25) is 5.02 Å². The number of hydrogen-bond donors (Lipinski definition) is 1. The van der Waals surface area contributed by atoms with Crippen LogP contribution >= 0.6 is 11.6 Å². The van der Waals surface area contributed by atoms with Gasteiger partial charge in [0.25, 0.3) is 0 Å². The molecule has 0 unspecified atom stereocenters. The fourth-order valence-electron chi connectivity index (χ4n) is 2.83. The smallest absolute Gasteiger partial charge is 0.0741 e. The summed E-state index contributed by atoms with van der Waals surface area (Å²) in [6, 6.07) is 14.5. The van der Waals surface area contributed by atoms with Gasteiger partial charge in [0, 0.05) is 31.9 Å². The Balaban J connectivity index is 1.72. The molecular weight excluding hydrogens is 282 g/mol. The molecule has 0 atom stereocenters. The minimum atomic E-state index is 0.633. The third kappa shape index (κ3) is 2.93. The highest BCUT2D eigenvalue weighted by Crippen LogP contribution is 2.31. The molecule has 2 N–H and O–H groups in total. The van der Waals surface area contributed by atoms with Crippen LogP contribution < -0.4 is 15.5 Å². The summed E-state index contributed by atoms with van der Waals surface area (Å²) in [4.78, 5) is 4.73. The lowest BCUT2D eigenvalue weighted by Gasteiger charge is -2.38. The Kier molecular flexibility index (Phi) is 3.93. The van der Waals surface area contributed by atoms with Crippen LogP contribution in [0.15, 0.2) is 42.5 Å². The molecule has 1 saturated heterocycles. The SMILES string of the molecule is Cc1cccc(N2CCN(c3cccc(Cl)c3N)CC2)c1. The molecule has 0 aliphatic carbocycles. The Hall–Kier alpha value is -1.87. The second kappa shape index (κ2) is 5.86. The zero-order valence-electron chi connectivity index (χ0n) is 12.2. The van der Waals surface area contributed by atoms with Gasteiger partial charge < -0.3 is 15.5 Å². The first-order valence-corrected chi connectivity index (χ1v) is 7.63. The van der Waals surface area contributed by atoms with E-state index < -0.39 is 0 Å². The highest BCUT2D eigenvalue weighted by Gasteiger charge is 2.19. The van der Waals surface area contributed by atoms with E-state index >= 15 is 0 Å². The second-order valence-electron chi connectivity index (χ2n) is 5.49. The maximum atomic E-state index is 6.11. The number of nitrogens with zero attached hydrogens (tertiary/aromatic N) is 2. The number of hydrogen-bond acceptors (Lipinski definition) is 3. The van der Waals surface area contributed by atoms with Gasteiger partial charge >= 0.3 is 0 Å². The third-order valence-corrected chi connectivity index (χ3v) is 4.35. The largest absolute Gasteiger partial charge is 0.396 e. The Labute approximate surface area is 130 Å². The highest BCUT2D eigenvalue weighted by atomic mass is 35.5. The summed E-state index contributed by atoms with van der Waals surface area (Å²) in [5, 5.41) is 0.633. The fourth-order valence-corrected chi connectivity index (χ4v) is 3.00. The lowest BCUT2D eigenvalue weighted by atomic mass is 10.1. The second-order valence-corrected chi connectivity index (χ2v) is 5.89. The van der Waals surface area contributed by atoms with E-state index in [0.717, 1.165) is 31.9 Å². The van der Waals surface area contributed by atoms with E-state index in [2.05, 4.69) is 41.0 Å². The van der Waals surface area contributed by atoms with Crippen molar-refractivity contribution in [3.05, 3.63) is 53.1 Å². The van der Waals surface area contributed by atoms with E-state index in [1.54, 1.807) is 0 Å². The average molecular weight is 302 g/mol. The van der Waals surface area contributed by atoms with Crippen molar-refractivity contribution in [3.63, 3.8) is 0 Å². The number of anilines is 3. The Morgan fingerprint density at radius 3 is 2.33 bits per heavy atom. The van der Waals surface area contributed by atoms with Crippen molar-refractivity contribution >= 4 is 28.7 Å². The standard InChI is InChI=1S/C17H20ClN3/c1-13-4-2-5-14(12-13)20-8-10-21(11-9-20)16-7-3-6-15(18)17(16)19/h2-7,12H,8-11,19H2,1H3. The lowest BCUT2D eigenvalue weighted by molar-refractivity contribution is 0.654. The fraction of sp³-hybridized carbons (Fsp3) is 0.294. The van der Waals surface area contributed by atoms with Crippen molar-refractivity contribution in [1.82, 2.24) is 0 Å². The van der Waals surface area contributed by atoms with Crippen molar-refractivity contribution in [3.8, 4) is 0 Å². The van der Waals surface area contributed by atoms with E-state index in [1.807, 2.05) is 18.2 Å². The van der Waals surface area contributed by atoms with Gasteiger partial charge in [0.05, 0.1) is 16.4 Å². The predicted octanol–water partition coefficient (Wildman–Crippen LogP) is 3.56. The van der Waals surface area contributed by atoms with Gasteiger partial charge in [-0.25, -0.2) is 0 Å². The van der Waals surface area contributed by atoms with Crippen LogP contribution in [-0.2, 0) is 0 Å². The zero-order valence-corrected chi connectivity index (χ0v) is 13.0.